The molecule has 3 rings (SSSR count). The van der Waals surface area contributed by atoms with Gasteiger partial charge >= 0.3 is 0 Å². The number of fused-ring (bicyclic) bond motifs is 1. The van der Waals surface area contributed by atoms with E-state index in [1.807, 2.05) is 62.6 Å². The largest absolute Gasteiger partial charge is 0.488 e. The number of rotatable bonds is 8. The Labute approximate surface area is 160 Å². The lowest BCUT2D eigenvalue weighted by molar-refractivity contribution is 0.0952. The van der Waals surface area contributed by atoms with Gasteiger partial charge in [0.1, 0.15) is 12.4 Å². The van der Waals surface area contributed by atoms with E-state index in [9.17, 15) is 4.79 Å². The van der Waals surface area contributed by atoms with Crippen molar-refractivity contribution in [2.75, 3.05) is 27.2 Å². The molecule has 3 aromatic rings. The smallest absolute Gasteiger partial charge is 0.251 e. The molecule has 0 spiro atoms. The zero-order valence-corrected chi connectivity index (χ0v) is 15.9. The van der Waals surface area contributed by atoms with Crippen LogP contribution in [0.25, 0.3) is 10.8 Å². The number of carbonyl (C=O) groups is 1. The van der Waals surface area contributed by atoms with Crippen LogP contribution in [0.4, 0.5) is 0 Å². The molecule has 0 fully saturated rings. The Bertz CT molecular complexity index is 900. The first kappa shape index (κ1) is 18.9. The summed E-state index contributed by atoms with van der Waals surface area (Å²) >= 11 is 0. The number of nitrogens with one attached hydrogen (secondary N) is 1. The van der Waals surface area contributed by atoms with E-state index in [0.717, 1.165) is 35.1 Å². The molecule has 27 heavy (non-hydrogen) atoms. The Morgan fingerprint density at radius 3 is 2.63 bits per heavy atom. The van der Waals surface area contributed by atoms with Gasteiger partial charge in [-0.25, -0.2) is 0 Å². The summed E-state index contributed by atoms with van der Waals surface area (Å²) < 4.78 is 6.03. The average Bonchev–Trinajstić information content (AvgIpc) is 2.69. The van der Waals surface area contributed by atoms with Gasteiger partial charge < -0.3 is 15.0 Å². The fraction of sp³-hybridized carbons (Fsp3) is 0.261. The average molecular weight is 362 g/mol. The van der Waals surface area contributed by atoms with Crippen LogP contribution in [0, 0.1) is 0 Å². The van der Waals surface area contributed by atoms with Gasteiger partial charge in [-0.3, -0.25) is 4.79 Å². The van der Waals surface area contributed by atoms with Crippen LogP contribution in [-0.2, 0) is 6.61 Å². The fourth-order valence-corrected chi connectivity index (χ4v) is 2.98. The second-order valence-electron chi connectivity index (χ2n) is 6.88. The van der Waals surface area contributed by atoms with Crippen molar-refractivity contribution in [2.24, 2.45) is 0 Å². The summed E-state index contributed by atoms with van der Waals surface area (Å²) in [6.07, 6.45) is 0.933. The minimum absolute atomic E-state index is 0.0410. The summed E-state index contributed by atoms with van der Waals surface area (Å²) in [5, 5.41) is 5.22. The second kappa shape index (κ2) is 9.19. The molecule has 1 amide bonds. The summed E-state index contributed by atoms with van der Waals surface area (Å²) in [6, 6.07) is 21.8. The van der Waals surface area contributed by atoms with Crippen molar-refractivity contribution < 1.29 is 9.53 Å². The van der Waals surface area contributed by atoms with Crippen LogP contribution < -0.4 is 10.1 Å². The zero-order chi connectivity index (χ0) is 19.1. The van der Waals surface area contributed by atoms with Gasteiger partial charge in [0, 0.05) is 17.5 Å². The van der Waals surface area contributed by atoms with Crippen molar-refractivity contribution in [1.82, 2.24) is 10.2 Å². The van der Waals surface area contributed by atoms with Gasteiger partial charge in [-0.15, -0.1) is 0 Å². The van der Waals surface area contributed by atoms with Gasteiger partial charge in [-0.1, -0.05) is 48.5 Å². The number of hydrogen-bond donors (Lipinski definition) is 1. The SMILES string of the molecule is CN(C)CCCNC(=O)c1cccc(COc2cccc3ccccc23)c1. The van der Waals surface area contributed by atoms with Crippen LogP contribution in [0.15, 0.2) is 66.7 Å². The molecule has 0 atom stereocenters. The standard InChI is InChI=1S/C23H26N2O2/c1-25(2)15-7-14-24-23(26)20-11-5-8-18(16-20)17-27-22-13-6-10-19-9-3-4-12-21(19)22/h3-6,8-13,16H,7,14-15,17H2,1-2H3,(H,24,26). The lowest BCUT2D eigenvalue weighted by Gasteiger charge is -2.11. The molecule has 4 heteroatoms. The third-order valence-electron chi connectivity index (χ3n) is 4.40. The minimum atomic E-state index is -0.0410. The first-order chi connectivity index (χ1) is 13.1. The molecule has 0 heterocycles. The molecule has 0 bridgehead atoms. The summed E-state index contributed by atoms with van der Waals surface area (Å²) in [5.41, 5.74) is 1.64. The highest BCUT2D eigenvalue weighted by molar-refractivity contribution is 5.94. The molecule has 0 saturated heterocycles. The van der Waals surface area contributed by atoms with E-state index in [2.05, 4.69) is 28.4 Å². The van der Waals surface area contributed by atoms with E-state index in [0.29, 0.717) is 18.7 Å². The monoisotopic (exact) mass is 362 g/mol. The number of amides is 1. The number of nitrogens with zero attached hydrogens (tertiary/aromatic N) is 1. The molecule has 0 aliphatic carbocycles. The van der Waals surface area contributed by atoms with Crippen molar-refractivity contribution in [3.05, 3.63) is 77.9 Å². The number of benzene rings is 3. The molecule has 0 aliphatic heterocycles. The van der Waals surface area contributed by atoms with E-state index in [1.54, 1.807) is 0 Å². The van der Waals surface area contributed by atoms with Crippen molar-refractivity contribution in [1.29, 1.82) is 0 Å². The van der Waals surface area contributed by atoms with Crippen molar-refractivity contribution in [3.63, 3.8) is 0 Å². The molecule has 0 aromatic heterocycles. The molecule has 3 aromatic carbocycles. The minimum Gasteiger partial charge on any atom is -0.488 e. The predicted octanol–water partition coefficient (Wildman–Crippen LogP) is 4.10. The highest BCUT2D eigenvalue weighted by atomic mass is 16.5. The molecular weight excluding hydrogens is 336 g/mol. The van der Waals surface area contributed by atoms with Crippen molar-refractivity contribution in [3.8, 4) is 5.75 Å². The van der Waals surface area contributed by atoms with Gasteiger partial charge in [0.15, 0.2) is 0 Å². The lowest BCUT2D eigenvalue weighted by atomic mass is 10.1. The van der Waals surface area contributed by atoms with Crippen LogP contribution in [0.2, 0.25) is 0 Å². The van der Waals surface area contributed by atoms with Gasteiger partial charge in [-0.2, -0.15) is 0 Å². The maximum absolute atomic E-state index is 12.3. The summed E-state index contributed by atoms with van der Waals surface area (Å²) in [7, 11) is 4.06. The van der Waals surface area contributed by atoms with Gasteiger partial charge in [0.2, 0.25) is 0 Å². The quantitative estimate of drug-likeness (QED) is 0.614. The highest BCUT2D eigenvalue weighted by Crippen LogP contribution is 2.26. The Hall–Kier alpha value is -2.85. The van der Waals surface area contributed by atoms with Crippen molar-refractivity contribution >= 4 is 16.7 Å². The number of carbonyl (C=O) groups excluding carboxylic acids is 1. The first-order valence-electron chi connectivity index (χ1n) is 9.26. The molecule has 4 nitrogen and oxygen atoms in total. The maximum Gasteiger partial charge on any atom is 0.251 e. The molecule has 0 radical (unpaired) electrons. The Balaban J connectivity index is 1.61. The Morgan fingerprint density at radius 2 is 1.78 bits per heavy atom. The summed E-state index contributed by atoms with van der Waals surface area (Å²) in [5.74, 6) is 0.812. The van der Waals surface area contributed by atoms with E-state index in [-0.39, 0.29) is 5.91 Å². The third kappa shape index (κ3) is 5.31. The molecular formula is C23H26N2O2. The van der Waals surface area contributed by atoms with Gasteiger partial charge in [-0.05, 0) is 56.2 Å². The summed E-state index contributed by atoms with van der Waals surface area (Å²) in [4.78, 5) is 14.4. The van der Waals surface area contributed by atoms with Gasteiger partial charge in [0.25, 0.3) is 5.91 Å². The first-order valence-corrected chi connectivity index (χ1v) is 9.26. The second-order valence-corrected chi connectivity index (χ2v) is 6.88. The topological polar surface area (TPSA) is 41.6 Å². The Morgan fingerprint density at radius 1 is 1.00 bits per heavy atom. The zero-order valence-electron chi connectivity index (χ0n) is 15.9. The van der Waals surface area contributed by atoms with Crippen LogP contribution >= 0.6 is 0 Å². The fourth-order valence-electron chi connectivity index (χ4n) is 2.98. The number of hydrogen-bond acceptors (Lipinski definition) is 3. The van der Waals surface area contributed by atoms with Crippen LogP contribution in [-0.4, -0.2) is 38.0 Å². The lowest BCUT2D eigenvalue weighted by Crippen LogP contribution is -2.27. The van der Waals surface area contributed by atoms with Crippen LogP contribution in [0.1, 0.15) is 22.3 Å². The van der Waals surface area contributed by atoms with E-state index >= 15 is 0 Å². The Kier molecular flexibility index (Phi) is 6.44. The van der Waals surface area contributed by atoms with Crippen LogP contribution in [0.3, 0.4) is 0 Å². The normalized spacial score (nSPS) is 10.9. The molecule has 140 valence electrons. The van der Waals surface area contributed by atoms with Crippen LogP contribution in [0.5, 0.6) is 5.75 Å². The molecule has 0 unspecified atom stereocenters. The van der Waals surface area contributed by atoms with E-state index in [4.69, 9.17) is 4.74 Å². The van der Waals surface area contributed by atoms with Gasteiger partial charge in [0.05, 0.1) is 0 Å². The molecule has 0 saturated carbocycles. The van der Waals surface area contributed by atoms with E-state index < -0.39 is 0 Å². The highest BCUT2D eigenvalue weighted by Gasteiger charge is 2.07. The third-order valence-corrected chi connectivity index (χ3v) is 4.40. The van der Waals surface area contributed by atoms with E-state index in [1.165, 1.54) is 0 Å². The number of ether oxygens (including phenoxy) is 1. The maximum atomic E-state index is 12.3. The summed E-state index contributed by atoms with van der Waals surface area (Å²) in [6.45, 7) is 2.06. The van der Waals surface area contributed by atoms with Crippen molar-refractivity contribution in [2.45, 2.75) is 13.0 Å². The molecule has 0 aliphatic rings. The predicted molar refractivity (Wildman–Crippen MR) is 110 cm³/mol. The molecule has 1 N–H and O–H groups in total.